The van der Waals surface area contributed by atoms with E-state index in [0.29, 0.717) is 16.1 Å². The molecular formula is C21H18N2O4S. The Bertz CT molecular complexity index is 1030. The van der Waals surface area contributed by atoms with Gasteiger partial charge in [-0.1, -0.05) is 48.5 Å². The normalized spacial score (nSPS) is 10.4. The predicted molar refractivity (Wildman–Crippen MR) is 109 cm³/mol. The van der Waals surface area contributed by atoms with Gasteiger partial charge in [-0.2, -0.15) is 0 Å². The highest BCUT2D eigenvalue weighted by Crippen LogP contribution is 2.26. The molecule has 3 aromatic rings. The van der Waals surface area contributed by atoms with Crippen molar-refractivity contribution in [2.45, 2.75) is 4.90 Å². The topological polar surface area (TPSA) is 98.5 Å². The molecule has 142 valence electrons. The molecule has 0 aliphatic rings. The lowest BCUT2D eigenvalue weighted by Crippen LogP contribution is -2.21. The SMILES string of the molecule is NC(=O)CSc1ccccc1NC(=O)COC(=O)c1cccc2ccccc12. The summed E-state index contributed by atoms with van der Waals surface area (Å²) < 4.78 is 5.18. The van der Waals surface area contributed by atoms with Crippen LogP contribution in [0.3, 0.4) is 0 Å². The highest BCUT2D eigenvalue weighted by molar-refractivity contribution is 8.00. The molecule has 0 aliphatic heterocycles. The van der Waals surface area contributed by atoms with Crippen LogP contribution in [0, 0.1) is 0 Å². The van der Waals surface area contributed by atoms with E-state index in [1.165, 1.54) is 11.8 Å². The molecule has 0 heterocycles. The molecule has 0 bridgehead atoms. The monoisotopic (exact) mass is 394 g/mol. The van der Waals surface area contributed by atoms with E-state index in [-0.39, 0.29) is 5.75 Å². The van der Waals surface area contributed by atoms with Crippen molar-refractivity contribution in [3.8, 4) is 0 Å². The van der Waals surface area contributed by atoms with Gasteiger partial charge in [-0.3, -0.25) is 9.59 Å². The minimum absolute atomic E-state index is 0.100. The van der Waals surface area contributed by atoms with Crippen LogP contribution in [-0.2, 0) is 14.3 Å². The van der Waals surface area contributed by atoms with Crippen molar-refractivity contribution in [3.05, 3.63) is 72.3 Å². The number of fused-ring (bicyclic) bond motifs is 1. The van der Waals surface area contributed by atoms with E-state index in [4.69, 9.17) is 10.5 Å². The van der Waals surface area contributed by atoms with Gasteiger partial charge < -0.3 is 15.8 Å². The van der Waals surface area contributed by atoms with Crippen molar-refractivity contribution in [2.24, 2.45) is 5.73 Å². The summed E-state index contributed by atoms with van der Waals surface area (Å²) in [4.78, 5) is 36.3. The van der Waals surface area contributed by atoms with Crippen LogP contribution in [-0.4, -0.2) is 30.1 Å². The summed E-state index contributed by atoms with van der Waals surface area (Å²) in [5, 5.41) is 4.37. The number of ether oxygens (including phenoxy) is 1. The predicted octanol–water partition coefficient (Wildman–Crippen LogP) is 3.21. The smallest absolute Gasteiger partial charge is 0.339 e. The number of rotatable bonds is 7. The molecule has 7 heteroatoms. The maximum Gasteiger partial charge on any atom is 0.339 e. The third-order valence-electron chi connectivity index (χ3n) is 3.87. The number of benzene rings is 3. The van der Waals surface area contributed by atoms with Crippen molar-refractivity contribution in [3.63, 3.8) is 0 Å². The van der Waals surface area contributed by atoms with Crippen molar-refractivity contribution >= 4 is 46.0 Å². The average molecular weight is 394 g/mol. The number of carbonyl (C=O) groups is 3. The van der Waals surface area contributed by atoms with E-state index >= 15 is 0 Å². The van der Waals surface area contributed by atoms with Crippen molar-refractivity contribution in [1.29, 1.82) is 0 Å². The van der Waals surface area contributed by atoms with Gasteiger partial charge in [-0.05, 0) is 29.0 Å². The van der Waals surface area contributed by atoms with Crippen LogP contribution in [0.5, 0.6) is 0 Å². The van der Waals surface area contributed by atoms with Gasteiger partial charge in [-0.15, -0.1) is 11.8 Å². The summed E-state index contributed by atoms with van der Waals surface area (Å²) in [7, 11) is 0. The van der Waals surface area contributed by atoms with E-state index in [9.17, 15) is 14.4 Å². The molecule has 0 atom stereocenters. The minimum Gasteiger partial charge on any atom is -0.452 e. The molecule has 3 N–H and O–H groups in total. The summed E-state index contributed by atoms with van der Waals surface area (Å²) in [5.41, 5.74) is 6.10. The van der Waals surface area contributed by atoms with Gasteiger partial charge in [-0.25, -0.2) is 4.79 Å². The molecule has 0 saturated carbocycles. The van der Waals surface area contributed by atoms with Gasteiger partial charge >= 0.3 is 5.97 Å². The Morgan fingerprint density at radius 3 is 2.46 bits per heavy atom. The van der Waals surface area contributed by atoms with Crippen molar-refractivity contribution in [2.75, 3.05) is 17.7 Å². The zero-order valence-corrected chi connectivity index (χ0v) is 15.7. The summed E-state index contributed by atoms with van der Waals surface area (Å²) in [6.07, 6.45) is 0. The van der Waals surface area contributed by atoms with E-state index < -0.39 is 24.4 Å². The largest absolute Gasteiger partial charge is 0.452 e. The van der Waals surface area contributed by atoms with Crippen molar-refractivity contribution < 1.29 is 19.1 Å². The van der Waals surface area contributed by atoms with Crippen LogP contribution in [0.4, 0.5) is 5.69 Å². The number of anilines is 1. The van der Waals surface area contributed by atoms with Gasteiger partial charge in [0.1, 0.15) is 0 Å². The molecule has 0 spiro atoms. The first-order valence-corrected chi connectivity index (χ1v) is 9.48. The molecule has 0 saturated heterocycles. The summed E-state index contributed by atoms with van der Waals surface area (Å²) in [6, 6.07) is 19.8. The molecule has 2 amide bonds. The molecule has 28 heavy (non-hydrogen) atoms. The first kappa shape index (κ1) is 19.4. The Labute approximate surface area is 166 Å². The van der Waals surface area contributed by atoms with Crippen LogP contribution < -0.4 is 11.1 Å². The van der Waals surface area contributed by atoms with Crippen LogP contribution in [0.25, 0.3) is 10.8 Å². The fourth-order valence-corrected chi connectivity index (χ4v) is 3.39. The zero-order chi connectivity index (χ0) is 19.9. The molecule has 0 unspecified atom stereocenters. The van der Waals surface area contributed by atoms with Gasteiger partial charge in [0, 0.05) is 4.90 Å². The molecular weight excluding hydrogens is 376 g/mol. The zero-order valence-electron chi connectivity index (χ0n) is 14.9. The number of carbonyl (C=O) groups excluding carboxylic acids is 3. The second-order valence-electron chi connectivity index (χ2n) is 5.90. The summed E-state index contributed by atoms with van der Waals surface area (Å²) in [5.74, 6) is -1.39. The Morgan fingerprint density at radius 1 is 0.929 bits per heavy atom. The quantitative estimate of drug-likeness (QED) is 0.474. The van der Waals surface area contributed by atoms with Crippen LogP contribution in [0.1, 0.15) is 10.4 Å². The fraction of sp³-hybridized carbons (Fsp3) is 0.0952. The second-order valence-corrected chi connectivity index (χ2v) is 6.92. The van der Waals surface area contributed by atoms with Gasteiger partial charge in [0.15, 0.2) is 6.61 Å². The lowest BCUT2D eigenvalue weighted by Gasteiger charge is -2.11. The molecule has 0 fully saturated rings. The van der Waals surface area contributed by atoms with Crippen molar-refractivity contribution in [1.82, 2.24) is 0 Å². The lowest BCUT2D eigenvalue weighted by molar-refractivity contribution is -0.119. The molecule has 0 radical (unpaired) electrons. The Balaban J connectivity index is 1.63. The number of hydrogen-bond donors (Lipinski definition) is 2. The molecule has 3 aromatic carbocycles. The highest BCUT2D eigenvalue weighted by Gasteiger charge is 2.14. The Hall–Kier alpha value is -3.32. The molecule has 0 aromatic heterocycles. The van der Waals surface area contributed by atoms with E-state index in [2.05, 4.69) is 5.32 Å². The molecule has 3 rings (SSSR count). The third-order valence-corrected chi connectivity index (χ3v) is 4.97. The Kier molecular flexibility index (Phi) is 6.29. The highest BCUT2D eigenvalue weighted by atomic mass is 32.2. The number of nitrogens with two attached hydrogens (primary N) is 1. The van der Waals surface area contributed by atoms with Gasteiger partial charge in [0.25, 0.3) is 5.91 Å². The first-order valence-electron chi connectivity index (χ1n) is 8.49. The average Bonchev–Trinajstić information content (AvgIpc) is 2.71. The Morgan fingerprint density at radius 2 is 1.64 bits per heavy atom. The number of thioether (sulfide) groups is 1. The minimum atomic E-state index is -0.566. The maximum atomic E-state index is 12.4. The van der Waals surface area contributed by atoms with Gasteiger partial charge in [0.05, 0.1) is 17.0 Å². The van der Waals surface area contributed by atoms with Crippen LogP contribution >= 0.6 is 11.8 Å². The number of nitrogens with one attached hydrogen (secondary N) is 1. The number of para-hydroxylation sites is 1. The fourth-order valence-electron chi connectivity index (χ4n) is 2.64. The third kappa shape index (κ3) is 4.89. The summed E-state index contributed by atoms with van der Waals surface area (Å²) in [6.45, 7) is -0.420. The number of amides is 2. The maximum absolute atomic E-state index is 12.4. The number of esters is 1. The second kappa shape index (κ2) is 9.05. The van der Waals surface area contributed by atoms with Crippen LogP contribution in [0.15, 0.2) is 71.6 Å². The molecule has 6 nitrogen and oxygen atoms in total. The number of primary amides is 1. The van der Waals surface area contributed by atoms with E-state index in [1.807, 2.05) is 30.3 Å². The van der Waals surface area contributed by atoms with Crippen LogP contribution in [0.2, 0.25) is 0 Å². The van der Waals surface area contributed by atoms with Gasteiger partial charge in [0.2, 0.25) is 5.91 Å². The lowest BCUT2D eigenvalue weighted by atomic mass is 10.1. The molecule has 0 aliphatic carbocycles. The number of hydrogen-bond acceptors (Lipinski definition) is 5. The summed E-state index contributed by atoms with van der Waals surface area (Å²) >= 11 is 1.22. The standard InChI is InChI=1S/C21H18N2O4S/c22-19(24)13-28-18-11-4-3-10-17(18)23-20(25)12-27-21(26)16-9-5-7-14-6-1-2-8-15(14)16/h1-11H,12-13H2,(H2,22,24)(H,23,25). The van der Waals surface area contributed by atoms with E-state index in [1.54, 1.807) is 36.4 Å². The first-order chi connectivity index (χ1) is 13.5. The van der Waals surface area contributed by atoms with E-state index in [0.717, 1.165) is 10.8 Å².